The summed E-state index contributed by atoms with van der Waals surface area (Å²) in [7, 11) is -4.61. The molecule has 12 nitrogen and oxygen atoms in total. The number of aliphatic hydroxyl groups excluding tert-OH is 3. The zero-order valence-corrected chi connectivity index (χ0v) is 37.3. The van der Waals surface area contributed by atoms with Crippen LogP contribution in [0.2, 0.25) is 0 Å². The van der Waals surface area contributed by atoms with Gasteiger partial charge in [0, 0.05) is 12.8 Å². The predicted molar refractivity (Wildman–Crippen MR) is 238 cm³/mol. The van der Waals surface area contributed by atoms with Gasteiger partial charge in [0.05, 0.1) is 6.61 Å². The number of carbonyl (C=O) groups excluding carboxylic acids is 2. The van der Waals surface area contributed by atoms with E-state index in [9.17, 15) is 37.9 Å². The van der Waals surface area contributed by atoms with Gasteiger partial charge in [-0.05, 0) is 77.0 Å². The van der Waals surface area contributed by atoms with Crippen molar-refractivity contribution >= 4 is 22.1 Å². The lowest BCUT2D eigenvalue weighted by Crippen LogP contribution is -2.60. The van der Waals surface area contributed by atoms with Crippen molar-refractivity contribution in [2.45, 2.75) is 192 Å². The minimum absolute atomic E-state index is 0.131. The highest BCUT2D eigenvalue weighted by Gasteiger charge is 2.46. The van der Waals surface area contributed by atoms with Crippen LogP contribution in [0.5, 0.6) is 0 Å². The van der Waals surface area contributed by atoms with Crippen molar-refractivity contribution in [1.29, 1.82) is 0 Å². The van der Waals surface area contributed by atoms with Gasteiger partial charge in [-0.3, -0.25) is 14.1 Å². The fraction of sp³-hybridized carbons (Fsp3) is 0.702. The monoisotopic (exact) mass is 867 g/mol. The molecule has 0 saturated carbocycles. The maximum absolute atomic E-state index is 12.8. The molecule has 0 aromatic carbocycles. The largest absolute Gasteiger partial charge is 0.462 e. The van der Waals surface area contributed by atoms with E-state index < -0.39 is 71.2 Å². The van der Waals surface area contributed by atoms with Crippen molar-refractivity contribution in [2.75, 3.05) is 19.0 Å². The first-order valence-corrected chi connectivity index (χ1v) is 24.1. The zero-order chi connectivity index (χ0) is 44.1. The summed E-state index contributed by atoms with van der Waals surface area (Å²) in [5.41, 5.74) is 0. The number of aliphatic hydroxyl groups is 3. The van der Waals surface area contributed by atoms with Crippen LogP contribution >= 0.6 is 0 Å². The maximum atomic E-state index is 12.8. The molecule has 1 aliphatic heterocycles. The minimum atomic E-state index is -4.61. The molecule has 0 aromatic heterocycles. The van der Waals surface area contributed by atoms with Crippen LogP contribution in [-0.4, -0.2) is 96.0 Å². The van der Waals surface area contributed by atoms with Crippen LogP contribution in [0.1, 0.15) is 155 Å². The molecule has 0 amide bonds. The first-order valence-electron chi connectivity index (χ1n) is 22.5. The number of rotatable bonds is 36. The van der Waals surface area contributed by atoms with E-state index in [2.05, 4.69) is 74.6 Å². The van der Waals surface area contributed by atoms with E-state index in [0.29, 0.717) is 19.3 Å². The average molecular weight is 867 g/mol. The summed E-state index contributed by atoms with van der Waals surface area (Å²) in [5, 5.41) is 30.9. The van der Waals surface area contributed by atoms with Crippen molar-refractivity contribution < 1.29 is 56.8 Å². The van der Waals surface area contributed by atoms with Crippen LogP contribution in [0.4, 0.5) is 0 Å². The summed E-state index contributed by atoms with van der Waals surface area (Å²) >= 11 is 0. The Balaban J connectivity index is 2.52. The quantitative estimate of drug-likeness (QED) is 0.0154. The van der Waals surface area contributed by atoms with Gasteiger partial charge >= 0.3 is 11.9 Å². The average Bonchev–Trinajstić information content (AvgIpc) is 3.21. The zero-order valence-electron chi connectivity index (χ0n) is 36.5. The SMILES string of the molecule is CCCCC/C=C/C/C=C/C/C=C/C/C=C/CCCC(=O)OC[C@H](CO[C@H]1O[C@H](CS(=O)(=O)O)[C@@H](O)C(O)C1O)OC(=O)CCCCCCC/C=C/C=C/CCCCCC. The van der Waals surface area contributed by atoms with Crippen LogP contribution in [0.15, 0.2) is 72.9 Å². The standard InChI is InChI=1S/C47H78O12S/c1-3-5-7-9-11-13-15-17-19-20-22-23-25-27-29-31-33-35-42(48)56-37-40(38-57-47-46(52)45(51)44(50)41(59-47)39-60(53,54)55)58-43(49)36-34-32-30-28-26-24-21-18-16-14-12-10-8-6-4-2/h11,13-14,16-19,21-23,27,29,40-41,44-47,50-52H,3-10,12,15,20,24-26,28,30-39H2,1-2H3,(H,53,54,55)/b13-11+,16-14+,19-17+,21-18+,23-22+,29-27+/t40-,41-,44-,45?,46?,47+/m1/s1. The molecule has 1 aliphatic rings. The lowest BCUT2D eigenvalue weighted by molar-refractivity contribution is -0.297. The third-order valence-electron chi connectivity index (χ3n) is 9.79. The normalized spacial score (nSPS) is 20.8. The van der Waals surface area contributed by atoms with Gasteiger partial charge in [0.25, 0.3) is 10.1 Å². The highest BCUT2D eigenvalue weighted by atomic mass is 32.2. The van der Waals surface area contributed by atoms with Crippen molar-refractivity contribution in [1.82, 2.24) is 0 Å². The second kappa shape index (κ2) is 36.7. The van der Waals surface area contributed by atoms with E-state index in [4.69, 9.17) is 18.9 Å². The maximum Gasteiger partial charge on any atom is 0.306 e. The number of carbonyl (C=O) groups is 2. The Hall–Kier alpha value is -2.91. The smallest absolute Gasteiger partial charge is 0.306 e. The fourth-order valence-electron chi connectivity index (χ4n) is 6.25. The Morgan fingerprint density at radius 1 is 0.583 bits per heavy atom. The minimum Gasteiger partial charge on any atom is -0.462 e. The van der Waals surface area contributed by atoms with Crippen molar-refractivity contribution in [2.24, 2.45) is 0 Å². The van der Waals surface area contributed by atoms with Crippen LogP contribution in [-0.2, 0) is 38.7 Å². The number of unbranched alkanes of at least 4 members (excludes halogenated alkanes) is 13. The Morgan fingerprint density at radius 3 is 1.67 bits per heavy atom. The molecule has 344 valence electrons. The van der Waals surface area contributed by atoms with Crippen LogP contribution < -0.4 is 0 Å². The number of esters is 2. The Bertz CT molecular complexity index is 1390. The molecule has 4 N–H and O–H groups in total. The molecule has 60 heavy (non-hydrogen) atoms. The molecule has 1 rings (SSSR count). The molecule has 1 fully saturated rings. The molecule has 13 heteroatoms. The Kier molecular flexibility index (Phi) is 33.7. The molecule has 0 spiro atoms. The number of hydrogen-bond acceptors (Lipinski definition) is 11. The molecule has 0 radical (unpaired) electrons. The van der Waals surface area contributed by atoms with Gasteiger partial charge < -0.3 is 34.3 Å². The highest BCUT2D eigenvalue weighted by molar-refractivity contribution is 7.85. The summed E-state index contributed by atoms with van der Waals surface area (Å²) in [6.45, 7) is 3.63. The summed E-state index contributed by atoms with van der Waals surface area (Å²) in [5.74, 6) is -2.09. The van der Waals surface area contributed by atoms with Crippen LogP contribution in [0, 0.1) is 0 Å². The Labute approximate surface area is 361 Å². The number of ether oxygens (including phenoxy) is 4. The second-order valence-electron chi connectivity index (χ2n) is 15.4. The summed E-state index contributed by atoms with van der Waals surface area (Å²) in [4.78, 5) is 25.4. The van der Waals surface area contributed by atoms with E-state index >= 15 is 0 Å². The molecular formula is C47H78O12S. The molecule has 1 saturated heterocycles. The molecule has 0 aliphatic carbocycles. The molecule has 0 aromatic rings. The van der Waals surface area contributed by atoms with Gasteiger partial charge in [0.15, 0.2) is 12.4 Å². The molecule has 2 unspecified atom stereocenters. The molecular weight excluding hydrogens is 789 g/mol. The van der Waals surface area contributed by atoms with E-state index in [-0.39, 0.29) is 19.4 Å². The van der Waals surface area contributed by atoms with Crippen LogP contribution in [0.3, 0.4) is 0 Å². The number of hydrogen-bond donors (Lipinski definition) is 4. The third-order valence-corrected chi connectivity index (χ3v) is 10.5. The van der Waals surface area contributed by atoms with E-state index in [0.717, 1.165) is 64.2 Å². The molecule has 1 heterocycles. The Morgan fingerprint density at radius 2 is 1.07 bits per heavy atom. The van der Waals surface area contributed by atoms with Crippen LogP contribution in [0.25, 0.3) is 0 Å². The second-order valence-corrected chi connectivity index (χ2v) is 16.9. The summed E-state index contributed by atoms with van der Waals surface area (Å²) in [6, 6.07) is 0. The first kappa shape index (κ1) is 55.1. The first-order chi connectivity index (χ1) is 29.0. The predicted octanol–water partition coefficient (Wildman–Crippen LogP) is 9.11. The van der Waals surface area contributed by atoms with E-state index in [1.54, 1.807) is 0 Å². The molecule has 0 bridgehead atoms. The van der Waals surface area contributed by atoms with Crippen molar-refractivity contribution in [3.63, 3.8) is 0 Å². The lowest BCUT2D eigenvalue weighted by Gasteiger charge is -2.40. The highest BCUT2D eigenvalue weighted by Crippen LogP contribution is 2.24. The lowest BCUT2D eigenvalue weighted by atomic mass is 10.00. The van der Waals surface area contributed by atoms with Crippen molar-refractivity contribution in [3.05, 3.63) is 72.9 Å². The van der Waals surface area contributed by atoms with Gasteiger partial charge in [-0.25, -0.2) is 0 Å². The fourth-order valence-corrected chi connectivity index (χ4v) is 6.94. The van der Waals surface area contributed by atoms with Gasteiger partial charge in [0.2, 0.25) is 0 Å². The van der Waals surface area contributed by atoms with Gasteiger partial charge in [-0.15, -0.1) is 0 Å². The van der Waals surface area contributed by atoms with Gasteiger partial charge in [-0.2, -0.15) is 8.42 Å². The topological polar surface area (TPSA) is 186 Å². The summed E-state index contributed by atoms with van der Waals surface area (Å²) < 4.78 is 54.0. The van der Waals surface area contributed by atoms with E-state index in [1.807, 2.05) is 12.2 Å². The van der Waals surface area contributed by atoms with Crippen molar-refractivity contribution in [3.8, 4) is 0 Å². The molecule has 6 atom stereocenters. The third kappa shape index (κ3) is 31.0. The number of allylic oxidation sites excluding steroid dienone is 12. The van der Waals surface area contributed by atoms with Gasteiger partial charge in [0.1, 0.15) is 36.8 Å². The summed E-state index contributed by atoms with van der Waals surface area (Å²) in [6.07, 6.45) is 36.6. The van der Waals surface area contributed by atoms with Gasteiger partial charge in [-0.1, -0.05) is 138 Å². The van der Waals surface area contributed by atoms with E-state index in [1.165, 1.54) is 44.9 Å².